The highest BCUT2D eigenvalue weighted by atomic mass is 32.2. The maximum Gasteiger partial charge on any atom is 0.416 e. The van der Waals surface area contributed by atoms with Gasteiger partial charge in [-0.3, -0.25) is 0 Å². The first-order valence-corrected chi connectivity index (χ1v) is 9.08. The Morgan fingerprint density at radius 2 is 1.75 bits per heavy atom. The number of para-hydroxylation sites is 1. The molecule has 1 heterocycles. The zero-order valence-corrected chi connectivity index (χ0v) is 15.8. The molecule has 0 atom stereocenters. The number of thioether (sulfide) groups is 1. The van der Waals surface area contributed by atoms with Gasteiger partial charge in [0.25, 0.3) is 0 Å². The van der Waals surface area contributed by atoms with Gasteiger partial charge in [0.15, 0.2) is 0 Å². The van der Waals surface area contributed by atoms with E-state index in [4.69, 9.17) is 0 Å². The van der Waals surface area contributed by atoms with E-state index in [1.807, 2.05) is 31.2 Å². The van der Waals surface area contributed by atoms with E-state index in [0.29, 0.717) is 16.5 Å². The van der Waals surface area contributed by atoms with Crippen molar-refractivity contribution in [2.24, 2.45) is 0 Å². The molecule has 0 unspecified atom stereocenters. The molecule has 0 saturated carbocycles. The van der Waals surface area contributed by atoms with Crippen molar-refractivity contribution in [2.45, 2.75) is 37.4 Å². The van der Waals surface area contributed by atoms with Crippen molar-refractivity contribution in [3.05, 3.63) is 65.2 Å². The Bertz CT molecular complexity index is 893. The van der Waals surface area contributed by atoms with Crippen molar-refractivity contribution in [3.63, 3.8) is 0 Å². The van der Waals surface area contributed by atoms with Crippen LogP contribution in [0.5, 0.6) is 0 Å². The number of aromatic nitrogens is 4. The van der Waals surface area contributed by atoms with Crippen molar-refractivity contribution in [1.29, 1.82) is 0 Å². The van der Waals surface area contributed by atoms with Crippen LogP contribution in [0.1, 0.15) is 23.6 Å². The normalized spacial score (nSPS) is 11.3. The summed E-state index contributed by atoms with van der Waals surface area (Å²) in [5.41, 5.74) is 1.76. The molecule has 150 valence electrons. The van der Waals surface area contributed by atoms with E-state index >= 15 is 0 Å². The second-order valence-corrected chi connectivity index (χ2v) is 6.61. The van der Waals surface area contributed by atoms with Crippen LogP contribution < -0.4 is 0 Å². The van der Waals surface area contributed by atoms with Gasteiger partial charge in [-0.15, -0.1) is 5.10 Å². The molecule has 0 aliphatic carbocycles. The number of hydrogen-bond donors (Lipinski definition) is 0. The molecule has 28 heavy (non-hydrogen) atoms. The van der Waals surface area contributed by atoms with Gasteiger partial charge in [-0.1, -0.05) is 48.2 Å². The van der Waals surface area contributed by atoms with E-state index in [-0.39, 0.29) is 0 Å². The van der Waals surface area contributed by atoms with Gasteiger partial charge >= 0.3 is 6.18 Å². The number of hydrogen-bond acceptors (Lipinski definition) is 4. The van der Waals surface area contributed by atoms with Gasteiger partial charge in [-0.2, -0.15) is 17.9 Å². The number of aryl methyl sites for hydroxylation is 1. The Kier molecular flexibility index (Phi) is 7.50. The standard InChI is InChI=1S/C16H13F3N4S.C2H4F2/c1-11-5-2-3-8-14(11)23-15(20-21-22-23)24-10-12-6-4-7-13(9-12)16(17,18)19;1-2(3)4/h2-9H,10H2,1H3;2H,1H3. The van der Waals surface area contributed by atoms with Crippen molar-refractivity contribution in [1.82, 2.24) is 20.2 Å². The van der Waals surface area contributed by atoms with Crippen LogP contribution in [-0.4, -0.2) is 26.6 Å². The molecule has 0 aliphatic rings. The predicted molar refractivity (Wildman–Crippen MR) is 96.6 cm³/mol. The summed E-state index contributed by atoms with van der Waals surface area (Å²) in [6.07, 6.45) is -6.51. The molecule has 0 fully saturated rings. The van der Waals surface area contributed by atoms with Crippen LogP contribution in [0.3, 0.4) is 0 Å². The van der Waals surface area contributed by atoms with Crippen molar-refractivity contribution in [2.75, 3.05) is 0 Å². The molecule has 0 N–H and O–H groups in total. The van der Waals surface area contributed by atoms with Crippen LogP contribution in [-0.2, 0) is 11.9 Å². The molecule has 0 bridgehead atoms. The minimum atomic E-state index is -4.34. The summed E-state index contributed by atoms with van der Waals surface area (Å²) in [7, 11) is 0. The third-order valence-electron chi connectivity index (χ3n) is 3.41. The van der Waals surface area contributed by atoms with Crippen LogP contribution in [0, 0.1) is 6.92 Å². The fourth-order valence-electron chi connectivity index (χ4n) is 2.21. The third-order valence-corrected chi connectivity index (χ3v) is 4.40. The maximum atomic E-state index is 12.8. The van der Waals surface area contributed by atoms with Gasteiger partial charge < -0.3 is 0 Å². The Balaban J connectivity index is 0.000000640. The molecule has 0 aliphatic heterocycles. The lowest BCUT2D eigenvalue weighted by Crippen LogP contribution is -2.05. The number of benzene rings is 2. The fourth-order valence-corrected chi connectivity index (χ4v) is 3.03. The Morgan fingerprint density at radius 3 is 2.39 bits per heavy atom. The largest absolute Gasteiger partial charge is 0.416 e. The van der Waals surface area contributed by atoms with E-state index in [9.17, 15) is 22.0 Å². The van der Waals surface area contributed by atoms with E-state index in [2.05, 4.69) is 15.5 Å². The maximum absolute atomic E-state index is 12.8. The molecule has 10 heteroatoms. The Morgan fingerprint density at radius 1 is 1.07 bits per heavy atom. The van der Waals surface area contributed by atoms with Gasteiger partial charge in [0.2, 0.25) is 11.6 Å². The molecule has 3 aromatic rings. The molecule has 0 saturated heterocycles. The Labute approximate surface area is 162 Å². The minimum Gasteiger partial charge on any atom is -0.211 e. The summed E-state index contributed by atoms with van der Waals surface area (Å²) in [5.74, 6) is 0.343. The number of rotatable bonds is 4. The smallest absolute Gasteiger partial charge is 0.211 e. The average Bonchev–Trinajstić information content (AvgIpc) is 3.08. The molecular weight excluding hydrogens is 399 g/mol. The van der Waals surface area contributed by atoms with Crippen LogP contribution >= 0.6 is 11.8 Å². The number of halogens is 5. The van der Waals surface area contributed by atoms with Crippen LogP contribution in [0.2, 0.25) is 0 Å². The predicted octanol–water partition coefficient (Wildman–Crippen LogP) is 5.55. The second kappa shape index (κ2) is 9.63. The van der Waals surface area contributed by atoms with E-state index in [0.717, 1.165) is 30.3 Å². The summed E-state index contributed by atoms with van der Waals surface area (Å²) in [6, 6.07) is 12.9. The van der Waals surface area contributed by atoms with Crippen LogP contribution in [0.15, 0.2) is 53.7 Å². The number of alkyl halides is 5. The monoisotopic (exact) mass is 416 g/mol. The molecule has 3 rings (SSSR count). The molecule has 2 aromatic carbocycles. The van der Waals surface area contributed by atoms with Crippen LogP contribution in [0.4, 0.5) is 22.0 Å². The van der Waals surface area contributed by atoms with Gasteiger partial charge in [0.05, 0.1) is 11.3 Å². The quantitative estimate of drug-likeness (QED) is 0.413. The molecule has 1 aromatic heterocycles. The summed E-state index contributed by atoms with van der Waals surface area (Å²) in [6.45, 7) is 2.78. The zero-order chi connectivity index (χ0) is 20.7. The summed E-state index contributed by atoms with van der Waals surface area (Å²) in [5, 5.41) is 12.1. The second-order valence-electron chi connectivity index (χ2n) is 5.67. The van der Waals surface area contributed by atoms with Crippen molar-refractivity contribution >= 4 is 11.8 Å². The summed E-state index contributed by atoms with van der Waals surface area (Å²) < 4.78 is 60.6. The minimum absolute atomic E-state index is 0.343. The third kappa shape index (κ3) is 6.29. The fraction of sp³-hybridized carbons (Fsp3) is 0.278. The Hall–Kier alpha value is -2.49. The average molecular weight is 416 g/mol. The first-order valence-electron chi connectivity index (χ1n) is 8.10. The lowest BCUT2D eigenvalue weighted by atomic mass is 10.1. The van der Waals surface area contributed by atoms with Gasteiger partial charge in [0.1, 0.15) is 0 Å². The molecular formula is C18H17F5N4S. The lowest BCUT2D eigenvalue weighted by molar-refractivity contribution is -0.137. The summed E-state index contributed by atoms with van der Waals surface area (Å²) >= 11 is 1.29. The first-order chi connectivity index (χ1) is 13.2. The summed E-state index contributed by atoms with van der Waals surface area (Å²) in [4.78, 5) is 0. The highest BCUT2D eigenvalue weighted by molar-refractivity contribution is 7.98. The lowest BCUT2D eigenvalue weighted by Gasteiger charge is -2.09. The van der Waals surface area contributed by atoms with Crippen molar-refractivity contribution < 1.29 is 22.0 Å². The molecule has 0 radical (unpaired) electrons. The van der Waals surface area contributed by atoms with E-state index in [1.165, 1.54) is 17.8 Å². The SMILES string of the molecule is CC(F)F.Cc1ccccc1-n1nnnc1SCc1cccc(C(F)(F)F)c1. The number of tetrazole rings is 1. The topological polar surface area (TPSA) is 43.6 Å². The van der Waals surface area contributed by atoms with E-state index < -0.39 is 18.2 Å². The highest BCUT2D eigenvalue weighted by Crippen LogP contribution is 2.31. The molecule has 0 amide bonds. The number of nitrogens with zero attached hydrogens (tertiary/aromatic N) is 4. The first kappa shape index (κ1) is 21.8. The molecule has 4 nitrogen and oxygen atoms in total. The van der Waals surface area contributed by atoms with Gasteiger partial charge in [0, 0.05) is 5.75 Å². The van der Waals surface area contributed by atoms with Crippen LogP contribution in [0.25, 0.3) is 5.69 Å². The highest BCUT2D eigenvalue weighted by Gasteiger charge is 2.30. The molecule has 0 spiro atoms. The van der Waals surface area contributed by atoms with Gasteiger partial charge in [-0.05, 0) is 47.5 Å². The zero-order valence-electron chi connectivity index (χ0n) is 15.0. The van der Waals surface area contributed by atoms with E-state index in [1.54, 1.807) is 10.7 Å². The van der Waals surface area contributed by atoms with Gasteiger partial charge in [-0.25, -0.2) is 8.78 Å². The van der Waals surface area contributed by atoms with Crippen molar-refractivity contribution in [3.8, 4) is 5.69 Å².